The molecule has 3 nitrogen and oxygen atoms in total. The van der Waals surface area contributed by atoms with Crippen LogP contribution in [0.5, 0.6) is 0 Å². The second-order valence-corrected chi connectivity index (χ2v) is 3.31. The number of halogens is 1. The summed E-state index contributed by atoms with van der Waals surface area (Å²) in [6, 6.07) is 6.60. The van der Waals surface area contributed by atoms with Crippen molar-refractivity contribution < 1.29 is 4.79 Å². The van der Waals surface area contributed by atoms with Crippen LogP contribution in [0.4, 0.5) is 10.5 Å². The third-order valence-corrected chi connectivity index (χ3v) is 1.64. The van der Waals surface area contributed by atoms with Crippen molar-refractivity contribution in [3.05, 3.63) is 41.6 Å². The van der Waals surface area contributed by atoms with Crippen molar-refractivity contribution in [1.29, 1.82) is 0 Å². The minimum Gasteiger partial charge on any atom is -0.312 e. The van der Waals surface area contributed by atoms with Gasteiger partial charge in [-0.2, -0.15) is 0 Å². The fourth-order valence-electron chi connectivity index (χ4n) is 0.922. The maximum Gasteiger partial charge on any atom is 0.323 e. The first-order valence-electron chi connectivity index (χ1n) is 4.07. The summed E-state index contributed by atoms with van der Waals surface area (Å²) in [5.74, 6) is 0. The molecule has 0 unspecified atom stereocenters. The normalized spacial score (nSPS) is 9.29. The monoisotopic (exact) mass is 210 g/mol. The van der Waals surface area contributed by atoms with Crippen LogP contribution in [0.1, 0.15) is 6.92 Å². The van der Waals surface area contributed by atoms with Gasteiger partial charge in [-0.05, 0) is 25.1 Å². The Bertz CT molecular complexity index is 363. The van der Waals surface area contributed by atoms with E-state index in [9.17, 15) is 4.79 Å². The smallest absolute Gasteiger partial charge is 0.312 e. The highest BCUT2D eigenvalue weighted by Crippen LogP contribution is 2.14. The average Bonchev–Trinajstić information content (AvgIpc) is 2.01. The van der Waals surface area contributed by atoms with Crippen molar-refractivity contribution in [3.63, 3.8) is 0 Å². The quantitative estimate of drug-likeness (QED) is 0.774. The van der Waals surface area contributed by atoms with Gasteiger partial charge in [0.25, 0.3) is 0 Å². The molecule has 0 aliphatic heterocycles. The highest BCUT2D eigenvalue weighted by Gasteiger charge is 2.00. The van der Waals surface area contributed by atoms with Gasteiger partial charge in [0.2, 0.25) is 0 Å². The van der Waals surface area contributed by atoms with E-state index in [-0.39, 0.29) is 6.03 Å². The summed E-state index contributed by atoms with van der Waals surface area (Å²) in [6.07, 6.45) is 0. The van der Waals surface area contributed by atoms with Gasteiger partial charge in [-0.15, -0.1) is 0 Å². The zero-order chi connectivity index (χ0) is 10.6. The van der Waals surface area contributed by atoms with E-state index in [0.29, 0.717) is 16.4 Å². The molecule has 0 saturated heterocycles. The molecule has 14 heavy (non-hydrogen) atoms. The molecule has 1 aromatic rings. The Morgan fingerprint density at radius 2 is 2.21 bits per heavy atom. The number of amides is 2. The van der Waals surface area contributed by atoms with E-state index in [1.165, 1.54) is 0 Å². The van der Waals surface area contributed by atoms with Crippen LogP contribution in [0, 0.1) is 0 Å². The second-order valence-electron chi connectivity index (χ2n) is 2.87. The molecule has 0 aliphatic carbocycles. The number of rotatable bonds is 2. The molecule has 1 aromatic carbocycles. The predicted octanol–water partition coefficient (Wildman–Crippen LogP) is 3.00. The zero-order valence-electron chi connectivity index (χ0n) is 7.80. The summed E-state index contributed by atoms with van der Waals surface area (Å²) in [5, 5.41) is 5.72. The largest absolute Gasteiger partial charge is 0.323 e. The fraction of sp³-hybridized carbons (Fsp3) is 0.100. The van der Waals surface area contributed by atoms with E-state index >= 15 is 0 Å². The van der Waals surface area contributed by atoms with Crippen LogP contribution in [0.15, 0.2) is 36.5 Å². The third-order valence-electron chi connectivity index (χ3n) is 1.41. The average molecular weight is 211 g/mol. The topological polar surface area (TPSA) is 41.1 Å². The van der Waals surface area contributed by atoms with E-state index in [4.69, 9.17) is 11.6 Å². The number of benzene rings is 1. The van der Waals surface area contributed by atoms with Gasteiger partial charge in [0.15, 0.2) is 0 Å². The Balaban J connectivity index is 2.60. The van der Waals surface area contributed by atoms with Gasteiger partial charge < -0.3 is 10.6 Å². The molecule has 2 amide bonds. The molecule has 0 fully saturated rings. The van der Waals surface area contributed by atoms with Gasteiger partial charge in [-0.3, -0.25) is 0 Å². The summed E-state index contributed by atoms with van der Waals surface area (Å²) < 4.78 is 0. The van der Waals surface area contributed by atoms with E-state index in [1.54, 1.807) is 31.2 Å². The number of carbonyl (C=O) groups excluding carboxylic acids is 1. The lowest BCUT2D eigenvalue weighted by Gasteiger charge is -2.06. The Labute approximate surface area is 87.8 Å². The summed E-state index contributed by atoms with van der Waals surface area (Å²) in [7, 11) is 0. The van der Waals surface area contributed by atoms with Crippen molar-refractivity contribution >= 4 is 23.3 Å². The number of carbonyl (C=O) groups is 1. The molecule has 0 radical (unpaired) electrons. The molecule has 74 valence electrons. The van der Waals surface area contributed by atoms with Crippen LogP contribution in [0.2, 0.25) is 5.02 Å². The SMILES string of the molecule is C=C(C)NC(=O)Nc1cccc(Cl)c1. The summed E-state index contributed by atoms with van der Waals surface area (Å²) in [4.78, 5) is 11.2. The second kappa shape index (κ2) is 4.67. The first-order valence-corrected chi connectivity index (χ1v) is 4.45. The van der Waals surface area contributed by atoms with E-state index in [2.05, 4.69) is 17.2 Å². The lowest BCUT2D eigenvalue weighted by molar-refractivity contribution is 0.254. The van der Waals surface area contributed by atoms with Crippen LogP contribution in [0.3, 0.4) is 0 Å². The predicted molar refractivity (Wildman–Crippen MR) is 58.4 cm³/mol. The molecule has 1 rings (SSSR count). The number of hydrogen-bond acceptors (Lipinski definition) is 1. The Morgan fingerprint density at radius 3 is 2.79 bits per heavy atom. The minimum atomic E-state index is -0.320. The van der Waals surface area contributed by atoms with Gasteiger partial charge in [-0.1, -0.05) is 24.2 Å². The summed E-state index contributed by atoms with van der Waals surface area (Å²) in [5.41, 5.74) is 1.24. The van der Waals surface area contributed by atoms with Crippen LogP contribution in [-0.4, -0.2) is 6.03 Å². The van der Waals surface area contributed by atoms with Crippen LogP contribution in [0.25, 0.3) is 0 Å². The van der Waals surface area contributed by atoms with Crippen LogP contribution >= 0.6 is 11.6 Å². The lowest BCUT2D eigenvalue weighted by atomic mass is 10.3. The van der Waals surface area contributed by atoms with E-state index in [0.717, 1.165) is 0 Å². The van der Waals surface area contributed by atoms with Gasteiger partial charge in [0.1, 0.15) is 0 Å². The first-order chi connectivity index (χ1) is 6.58. The standard InChI is InChI=1S/C10H11ClN2O/c1-7(2)12-10(14)13-9-5-3-4-8(11)6-9/h3-6H,1H2,2H3,(H2,12,13,14). The van der Waals surface area contributed by atoms with Crippen molar-refractivity contribution in [2.75, 3.05) is 5.32 Å². The Morgan fingerprint density at radius 1 is 1.50 bits per heavy atom. The van der Waals surface area contributed by atoms with E-state index in [1.807, 2.05) is 0 Å². The molecule has 0 bridgehead atoms. The molecule has 0 aromatic heterocycles. The van der Waals surface area contributed by atoms with Crippen molar-refractivity contribution in [1.82, 2.24) is 5.32 Å². The minimum absolute atomic E-state index is 0.320. The molecule has 2 N–H and O–H groups in total. The van der Waals surface area contributed by atoms with E-state index < -0.39 is 0 Å². The number of urea groups is 1. The number of nitrogens with one attached hydrogen (secondary N) is 2. The Kier molecular flexibility index (Phi) is 3.54. The molecule has 4 heteroatoms. The van der Waals surface area contributed by atoms with Gasteiger partial charge in [0, 0.05) is 16.4 Å². The van der Waals surface area contributed by atoms with Crippen LogP contribution < -0.4 is 10.6 Å². The summed E-state index contributed by atoms with van der Waals surface area (Å²) in [6.45, 7) is 5.26. The van der Waals surface area contributed by atoms with Gasteiger partial charge >= 0.3 is 6.03 Å². The molecule has 0 aliphatic rings. The highest BCUT2D eigenvalue weighted by atomic mass is 35.5. The lowest BCUT2D eigenvalue weighted by Crippen LogP contribution is -2.26. The Hall–Kier alpha value is -1.48. The molecule has 0 spiro atoms. The molecular formula is C10H11ClN2O. The number of allylic oxidation sites excluding steroid dienone is 1. The number of anilines is 1. The summed E-state index contributed by atoms with van der Waals surface area (Å²) >= 11 is 5.74. The maximum atomic E-state index is 11.2. The maximum absolute atomic E-state index is 11.2. The van der Waals surface area contributed by atoms with Gasteiger partial charge in [0.05, 0.1) is 0 Å². The third kappa shape index (κ3) is 3.49. The van der Waals surface area contributed by atoms with Crippen molar-refractivity contribution in [3.8, 4) is 0 Å². The molecule has 0 atom stereocenters. The zero-order valence-corrected chi connectivity index (χ0v) is 8.56. The first kappa shape index (κ1) is 10.6. The van der Waals surface area contributed by atoms with Crippen molar-refractivity contribution in [2.24, 2.45) is 0 Å². The highest BCUT2D eigenvalue weighted by molar-refractivity contribution is 6.30. The molecular weight excluding hydrogens is 200 g/mol. The van der Waals surface area contributed by atoms with Crippen molar-refractivity contribution in [2.45, 2.75) is 6.92 Å². The number of hydrogen-bond donors (Lipinski definition) is 2. The molecule has 0 heterocycles. The molecule has 0 saturated carbocycles. The van der Waals surface area contributed by atoms with Gasteiger partial charge in [-0.25, -0.2) is 4.79 Å². The van der Waals surface area contributed by atoms with Crippen LogP contribution in [-0.2, 0) is 0 Å². The fourth-order valence-corrected chi connectivity index (χ4v) is 1.11.